The van der Waals surface area contributed by atoms with E-state index in [2.05, 4.69) is 5.32 Å². The summed E-state index contributed by atoms with van der Waals surface area (Å²) < 4.78 is 0. The molecule has 3 aromatic rings. The Balaban J connectivity index is 1.73. The van der Waals surface area contributed by atoms with Gasteiger partial charge in [-0.3, -0.25) is 0 Å². The molecular formula is C22H17Cl2N3O2. The summed E-state index contributed by atoms with van der Waals surface area (Å²) in [4.78, 5) is 3.94. The van der Waals surface area contributed by atoms with Crippen LogP contribution in [0, 0.1) is 0 Å². The maximum absolute atomic E-state index is 11.3. The van der Waals surface area contributed by atoms with Gasteiger partial charge in [-0.1, -0.05) is 53.5 Å². The second-order valence-electron chi connectivity index (χ2n) is 6.98. The minimum Gasteiger partial charge on any atom is -0.508 e. The van der Waals surface area contributed by atoms with Gasteiger partial charge in [0.05, 0.1) is 33.8 Å². The smallest absolute Gasteiger partial charge is 0.160 e. The van der Waals surface area contributed by atoms with E-state index in [1.807, 2.05) is 40.1 Å². The van der Waals surface area contributed by atoms with E-state index in [1.54, 1.807) is 36.4 Å². The Morgan fingerprint density at radius 3 is 2.38 bits per heavy atom. The van der Waals surface area contributed by atoms with Gasteiger partial charge in [0.2, 0.25) is 0 Å². The molecule has 2 aliphatic heterocycles. The molecule has 146 valence electrons. The molecule has 0 fully saturated rings. The van der Waals surface area contributed by atoms with E-state index in [0.29, 0.717) is 28.2 Å². The first-order valence-electron chi connectivity index (χ1n) is 9.11. The normalized spacial score (nSPS) is 17.8. The van der Waals surface area contributed by atoms with Gasteiger partial charge in [0, 0.05) is 0 Å². The Bertz CT molecular complexity index is 1130. The zero-order valence-electron chi connectivity index (χ0n) is 15.2. The number of phenols is 1. The van der Waals surface area contributed by atoms with Crippen molar-refractivity contribution < 1.29 is 10.2 Å². The third-order valence-electron chi connectivity index (χ3n) is 5.24. The summed E-state index contributed by atoms with van der Waals surface area (Å²) >= 11 is 13.1. The SMILES string of the molecule is OC1=C2Nc3ccccc3N2CN(c2c(Cl)cccc2Cl)[C@@H]1c1cccc(O)c1. The van der Waals surface area contributed by atoms with Crippen molar-refractivity contribution >= 4 is 40.3 Å². The number of benzene rings is 3. The van der Waals surface area contributed by atoms with Gasteiger partial charge in [0.15, 0.2) is 11.6 Å². The number of nitrogens with zero attached hydrogens (tertiary/aromatic N) is 2. The van der Waals surface area contributed by atoms with Gasteiger partial charge >= 0.3 is 0 Å². The Labute approximate surface area is 178 Å². The topological polar surface area (TPSA) is 59.0 Å². The third-order valence-corrected chi connectivity index (χ3v) is 5.85. The molecule has 29 heavy (non-hydrogen) atoms. The molecule has 0 amide bonds. The fourth-order valence-corrected chi connectivity index (χ4v) is 4.60. The van der Waals surface area contributed by atoms with Crippen molar-refractivity contribution in [2.45, 2.75) is 6.04 Å². The summed E-state index contributed by atoms with van der Waals surface area (Å²) in [6.45, 7) is 0.410. The highest BCUT2D eigenvalue weighted by Gasteiger charge is 2.40. The van der Waals surface area contributed by atoms with Crippen LogP contribution in [0.5, 0.6) is 5.75 Å². The fraction of sp³-hybridized carbons (Fsp3) is 0.0909. The van der Waals surface area contributed by atoms with Crippen LogP contribution >= 0.6 is 23.2 Å². The molecule has 2 heterocycles. The average molecular weight is 426 g/mol. The van der Waals surface area contributed by atoms with Crippen molar-refractivity contribution in [1.29, 1.82) is 0 Å². The quantitative estimate of drug-likeness (QED) is 0.478. The molecule has 3 aromatic carbocycles. The lowest BCUT2D eigenvalue weighted by Gasteiger charge is -2.42. The van der Waals surface area contributed by atoms with Crippen LogP contribution in [0.3, 0.4) is 0 Å². The van der Waals surface area contributed by atoms with Gasteiger partial charge in [-0.05, 0) is 42.0 Å². The number of anilines is 3. The van der Waals surface area contributed by atoms with E-state index in [4.69, 9.17) is 23.2 Å². The minimum atomic E-state index is -0.576. The molecule has 0 aromatic heterocycles. The molecule has 3 N–H and O–H groups in total. The number of para-hydroxylation sites is 3. The number of aromatic hydroxyl groups is 1. The highest BCUT2D eigenvalue weighted by atomic mass is 35.5. The number of hydrogen-bond donors (Lipinski definition) is 3. The molecule has 0 spiro atoms. The van der Waals surface area contributed by atoms with Crippen LogP contribution in [-0.2, 0) is 0 Å². The van der Waals surface area contributed by atoms with Crippen LogP contribution in [0.2, 0.25) is 10.0 Å². The van der Waals surface area contributed by atoms with Crippen LogP contribution < -0.4 is 15.1 Å². The number of phenolic OH excluding ortho intramolecular Hbond substituents is 1. The number of aliphatic hydroxyl groups excluding tert-OH is 1. The Morgan fingerprint density at radius 2 is 1.62 bits per heavy atom. The maximum atomic E-state index is 11.3. The van der Waals surface area contributed by atoms with Crippen molar-refractivity contribution in [2.24, 2.45) is 0 Å². The average Bonchev–Trinajstić information content (AvgIpc) is 3.07. The van der Waals surface area contributed by atoms with Crippen molar-refractivity contribution in [3.8, 4) is 5.75 Å². The number of rotatable bonds is 2. The second-order valence-corrected chi connectivity index (χ2v) is 7.80. The highest BCUT2D eigenvalue weighted by molar-refractivity contribution is 6.39. The molecule has 0 radical (unpaired) electrons. The lowest BCUT2D eigenvalue weighted by atomic mass is 10.00. The third kappa shape index (κ3) is 2.85. The van der Waals surface area contributed by atoms with Crippen LogP contribution in [0.25, 0.3) is 0 Å². The maximum Gasteiger partial charge on any atom is 0.160 e. The number of halogens is 2. The molecule has 5 rings (SSSR count). The van der Waals surface area contributed by atoms with Gasteiger partial charge in [0.1, 0.15) is 11.8 Å². The zero-order valence-corrected chi connectivity index (χ0v) is 16.7. The molecule has 0 saturated carbocycles. The molecule has 7 heteroatoms. The number of aliphatic hydroxyl groups is 1. The summed E-state index contributed by atoms with van der Waals surface area (Å²) in [5.41, 5.74) is 3.22. The molecule has 1 atom stereocenters. The van der Waals surface area contributed by atoms with E-state index in [0.717, 1.165) is 16.9 Å². The summed E-state index contributed by atoms with van der Waals surface area (Å²) in [5, 5.41) is 25.6. The van der Waals surface area contributed by atoms with Crippen molar-refractivity contribution in [3.63, 3.8) is 0 Å². The number of hydrogen-bond acceptors (Lipinski definition) is 5. The minimum absolute atomic E-state index is 0.119. The highest BCUT2D eigenvalue weighted by Crippen LogP contribution is 2.48. The summed E-state index contributed by atoms with van der Waals surface area (Å²) in [5.74, 6) is 0.851. The molecular weight excluding hydrogens is 409 g/mol. The van der Waals surface area contributed by atoms with Gasteiger partial charge in [-0.2, -0.15) is 0 Å². The lowest BCUT2D eigenvalue weighted by molar-refractivity contribution is 0.342. The van der Waals surface area contributed by atoms with Gasteiger partial charge in [-0.25, -0.2) is 0 Å². The van der Waals surface area contributed by atoms with Crippen molar-refractivity contribution in [3.05, 3.63) is 93.9 Å². The Hall–Kier alpha value is -3.02. The van der Waals surface area contributed by atoms with Crippen LogP contribution in [0.4, 0.5) is 17.1 Å². The molecule has 0 aliphatic carbocycles. The van der Waals surface area contributed by atoms with Gasteiger partial charge in [-0.15, -0.1) is 0 Å². The predicted octanol–water partition coefficient (Wildman–Crippen LogP) is 5.88. The summed E-state index contributed by atoms with van der Waals surface area (Å²) in [7, 11) is 0. The van der Waals surface area contributed by atoms with E-state index < -0.39 is 6.04 Å². The zero-order chi connectivity index (χ0) is 20.1. The largest absolute Gasteiger partial charge is 0.508 e. The molecule has 2 aliphatic rings. The van der Waals surface area contributed by atoms with Gasteiger partial charge in [0.25, 0.3) is 0 Å². The first kappa shape index (κ1) is 18.0. The number of nitrogens with one attached hydrogen (secondary N) is 1. The van der Waals surface area contributed by atoms with Crippen molar-refractivity contribution in [2.75, 3.05) is 21.8 Å². The van der Waals surface area contributed by atoms with Gasteiger partial charge < -0.3 is 25.3 Å². The van der Waals surface area contributed by atoms with E-state index in [-0.39, 0.29) is 11.5 Å². The monoisotopic (exact) mass is 425 g/mol. The van der Waals surface area contributed by atoms with Crippen LogP contribution in [0.1, 0.15) is 11.6 Å². The van der Waals surface area contributed by atoms with Crippen LogP contribution in [-0.4, -0.2) is 16.9 Å². The first-order valence-corrected chi connectivity index (χ1v) is 9.86. The van der Waals surface area contributed by atoms with Crippen molar-refractivity contribution in [1.82, 2.24) is 0 Å². The molecule has 0 bridgehead atoms. The van der Waals surface area contributed by atoms with Crippen LogP contribution in [0.15, 0.2) is 78.3 Å². The second kappa shape index (κ2) is 6.79. The fourth-order valence-electron chi connectivity index (χ4n) is 3.99. The number of fused-ring (bicyclic) bond motifs is 3. The standard InChI is InChI=1S/C22H17Cl2N3O2/c23-15-7-4-8-16(24)20(15)27-12-26-18-10-2-1-9-17(18)25-22(26)21(29)19(27)13-5-3-6-14(28)11-13/h1-11,19,25,28-29H,12H2/t19-/m1/s1. The molecule has 0 saturated heterocycles. The molecule has 0 unspecified atom stereocenters. The predicted molar refractivity (Wildman–Crippen MR) is 117 cm³/mol. The van der Waals surface area contributed by atoms with E-state index in [1.165, 1.54) is 0 Å². The summed E-state index contributed by atoms with van der Waals surface area (Å²) in [6, 6.07) is 19.4. The van der Waals surface area contributed by atoms with E-state index >= 15 is 0 Å². The Morgan fingerprint density at radius 1 is 0.897 bits per heavy atom. The first-order chi connectivity index (χ1) is 14.0. The summed E-state index contributed by atoms with van der Waals surface area (Å²) in [6.07, 6.45) is 0. The van der Waals surface area contributed by atoms with E-state index in [9.17, 15) is 10.2 Å². The Kier molecular flexibility index (Phi) is 4.23. The molecule has 5 nitrogen and oxygen atoms in total. The lowest BCUT2D eigenvalue weighted by Crippen LogP contribution is -2.46.